The molecule has 8 heavy (non-hydrogen) atoms. The van der Waals surface area contributed by atoms with Gasteiger partial charge in [0.05, 0.1) is 0 Å². The van der Waals surface area contributed by atoms with Crippen molar-refractivity contribution in [2.24, 2.45) is 0 Å². The Hall–Kier alpha value is -0.370. The highest BCUT2D eigenvalue weighted by atomic mass is 32.2. The van der Waals surface area contributed by atoms with Crippen LogP contribution in [0.4, 0.5) is 0 Å². The van der Waals surface area contributed by atoms with E-state index in [2.05, 4.69) is 22.9 Å². The van der Waals surface area contributed by atoms with Gasteiger partial charge in [-0.2, -0.15) is 0 Å². The van der Waals surface area contributed by atoms with Crippen LogP contribution in [0.3, 0.4) is 0 Å². The molecule has 1 aliphatic heterocycles. The van der Waals surface area contributed by atoms with E-state index in [1.54, 1.807) is 0 Å². The molecule has 0 fully saturated rings. The molecule has 0 saturated carbocycles. The number of hydrogen-bond acceptors (Lipinski definition) is 2. The molecule has 1 rings (SSSR count). The van der Waals surface area contributed by atoms with E-state index in [0.29, 0.717) is 0 Å². The second-order valence-corrected chi connectivity index (χ2v) is 2.48. The van der Waals surface area contributed by atoms with Gasteiger partial charge in [0.2, 0.25) is 0 Å². The van der Waals surface area contributed by atoms with Gasteiger partial charge >= 0.3 is 0 Å². The molecule has 0 aromatic rings. The molecule has 2 heteroatoms. The maximum Gasteiger partial charge on any atom is 0.0310 e. The summed E-state index contributed by atoms with van der Waals surface area (Å²) < 4.78 is 0. The quantitative estimate of drug-likeness (QED) is 0.570. The molecule has 0 radical (unpaired) electrons. The number of likely N-dealkylation sites (N-methyl/N-ethyl adjacent to an activating group) is 1. The van der Waals surface area contributed by atoms with E-state index in [1.165, 1.54) is 5.70 Å². The van der Waals surface area contributed by atoms with E-state index in [-0.39, 0.29) is 0 Å². The average molecular weight is 127 g/mol. The first-order chi connectivity index (χ1) is 3.93. The Morgan fingerprint density at radius 3 is 3.00 bits per heavy atom. The second kappa shape index (κ2) is 2.82. The van der Waals surface area contributed by atoms with Crippen molar-refractivity contribution in [2.75, 3.05) is 12.8 Å². The van der Waals surface area contributed by atoms with Crippen LogP contribution in [0.1, 0.15) is 0 Å². The van der Waals surface area contributed by atoms with E-state index < -0.39 is 0 Å². The van der Waals surface area contributed by atoms with Crippen molar-refractivity contribution in [2.45, 2.75) is 0 Å². The van der Waals surface area contributed by atoms with Crippen molar-refractivity contribution in [3.63, 3.8) is 0 Å². The highest BCUT2D eigenvalue weighted by molar-refractivity contribution is 8.02. The van der Waals surface area contributed by atoms with Crippen molar-refractivity contribution in [1.29, 1.82) is 0 Å². The molecule has 0 atom stereocenters. The molecule has 1 aliphatic rings. The molecule has 0 spiro atoms. The lowest BCUT2D eigenvalue weighted by Crippen LogP contribution is -2.04. The highest BCUT2D eigenvalue weighted by Gasteiger charge is 1.90. The van der Waals surface area contributed by atoms with Crippen LogP contribution in [0, 0.1) is 0 Å². The summed E-state index contributed by atoms with van der Waals surface area (Å²) >= 11 is 1.82. The molecular formula is C6H9NS. The van der Waals surface area contributed by atoms with Gasteiger partial charge in [0.25, 0.3) is 0 Å². The summed E-state index contributed by atoms with van der Waals surface area (Å²) in [4.78, 5) is 0. The third-order valence-electron chi connectivity index (χ3n) is 1.03. The fourth-order valence-electron chi connectivity index (χ4n) is 0.568. The number of nitrogens with one attached hydrogen (secondary N) is 1. The van der Waals surface area contributed by atoms with Crippen LogP contribution in [-0.4, -0.2) is 12.8 Å². The van der Waals surface area contributed by atoms with Gasteiger partial charge in [0, 0.05) is 18.5 Å². The third kappa shape index (κ3) is 1.30. The van der Waals surface area contributed by atoms with Crippen molar-refractivity contribution in [3.05, 3.63) is 23.3 Å². The lowest BCUT2D eigenvalue weighted by Gasteiger charge is -2.03. The minimum Gasteiger partial charge on any atom is -0.388 e. The number of hydrogen-bond donors (Lipinski definition) is 1. The van der Waals surface area contributed by atoms with E-state index in [4.69, 9.17) is 0 Å². The maximum absolute atomic E-state index is 3.06. The number of allylic oxidation sites excluding steroid dienone is 1. The van der Waals surface area contributed by atoms with E-state index in [0.717, 1.165) is 5.75 Å². The number of rotatable bonds is 1. The van der Waals surface area contributed by atoms with Gasteiger partial charge in [-0.15, -0.1) is 11.8 Å². The Balaban J connectivity index is 2.51. The van der Waals surface area contributed by atoms with Gasteiger partial charge in [-0.25, -0.2) is 0 Å². The Morgan fingerprint density at radius 1 is 1.75 bits per heavy atom. The van der Waals surface area contributed by atoms with Crippen molar-refractivity contribution >= 4 is 11.8 Å². The standard InChI is InChI=1S/C6H9NS/c1-7-6-2-4-8-5-3-6/h2-4,7H,5H2,1H3. The first-order valence-corrected chi connectivity index (χ1v) is 3.64. The molecule has 0 aliphatic carbocycles. The van der Waals surface area contributed by atoms with Crippen LogP contribution in [0.15, 0.2) is 23.3 Å². The van der Waals surface area contributed by atoms with Crippen LogP contribution in [0.2, 0.25) is 0 Å². The summed E-state index contributed by atoms with van der Waals surface area (Å²) in [6.07, 6.45) is 4.25. The van der Waals surface area contributed by atoms with E-state index >= 15 is 0 Å². The van der Waals surface area contributed by atoms with Crippen LogP contribution >= 0.6 is 11.8 Å². The minimum atomic E-state index is 1.10. The van der Waals surface area contributed by atoms with Crippen LogP contribution in [0.5, 0.6) is 0 Å². The number of thioether (sulfide) groups is 1. The van der Waals surface area contributed by atoms with Crippen LogP contribution in [0.25, 0.3) is 0 Å². The zero-order valence-corrected chi connectivity index (χ0v) is 5.66. The van der Waals surface area contributed by atoms with Gasteiger partial charge in [0.15, 0.2) is 0 Å². The van der Waals surface area contributed by atoms with Crippen molar-refractivity contribution in [3.8, 4) is 0 Å². The summed E-state index contributed by atoms with van der Waals surface area (Å²) in [6, 6.07) is 0. The monoisotopic (exact) mass is 127 g/mol. The molecular weight excluding hydrogens is 118 g/mol. The summed E-state index contributed by atoms with van der Waals surface area (Å²) in [5.74, 6) is 1.10. The van der Waals surface area contributed by atoms with Gasteiger partial charge in [-0.1, -0.05) is 6.08 Å². The highest BCUT2D eigenvalue weighted by Crippen LogP contribution is 2.10. The van der Waals surface area contributed by atoms with Gasteiger partial charge < -0.3 is 5.32 Å². The molecule has 1 N–H and O–H groups in total. The van der Waals surface area contributed by atoms with Crippen LogP contribution < -0.4 is 5.32 Å². The SMILES string of the molecule is CNC1=CCSC=C1. The fraction of sp³-hybridized carbons (Fsp3) is 0.333. The van der Waals surface area contributed by atoms with Crippen molar-refractivity contribution < 1.29 is 0 Å². The van der Waals surface area contributed by atoms with Crippen molar-refractivity contribution in [1.82, 2.24) is 5.32 Å². The zero-order chi connectivity index (χ0) is 5.82. The van der Waals surface area contributed by atoms with E-state index in [1.807, 2.05) is 18.8 Å². The summed E-state index contributed by atoms with van der Waals surface area (Å²) in [5, 5.41) is 5.17. The largest absolute Gasteiger partial charge is 0.388 e. The molecule has 1 nitrogen and oxygen atoms in total. The Labute approximate surface area is 53.9 Å². The first-order valence-electron chi connectivity index (χ1n) is 2.59. The third-order valence-corrected chi connectivity index (χ3v) is 1.72. The lowest BCUT2D eigenvalue weighted by atomic mass is 10.4. The first kappa shape index (κ1) is 5.76. The fourth-order valence-corrected chi connectivity index (χ4v) is 1.20. The Kier molecular flexibility index (Phi) is 2.03. The Morgan fingerprint density at radius 2 is 2.62 bits per heavy atom. The summed E-state index contributed by atoms with van der Waals surface area (Å²) in [5.41, 5.74) is 1.23. The average Bonchev–Trinajstić information content (AvgIpc) is 1.90. The van der Waals surface area contributed by atoms with E-state index in [9.17, 15) is 0 Å². The van der Waals surface area contributed by atoms with Gasteiger partial charge in [0.1, 0.15) is 0 Å². The van der Waals surface area contributed by atoms with Gasteiger partial charge in [-0.3, -0.25) is 0 Å². The Bertz CT molecular complexity index is 126. The molecule has 44 valence electrons. The minimum absolute atomic E-state index is 1.10. The van der Waals surface area contributed by atoms with Gasteiger partial charge in [-0.05, 0) is 11.5 Å². The predicted molar refractivity (Wildman–Crippen MR) is 38.7 cm³/mol. The second-order valence-electron chi connectivity index (χ2n) is 1.55. The smallest absolute Gasteiger partial charge is 0.0310 e. The summed E-state index contributed by atoms with van der Waals surface area (Å²) in [7, 11) is 1.94. The molecule has 1 heterocycles. The zero-order valence-electron chi connectivity index (χ0n) is 4.85. The molecule has 0 unspecified atom stereocenters. The molecule has 0 aromatic carbocycles. The normalized spacial score (nSPS) is 17.9. The molecule has 0 bridgehead atoms. The molecule has 0 saturated heterocycles. The molecule has 0 amide bonds. The maximum atomic E-state index is 3.06. The topological polar surface area (TPSA) is 12.0 Å². The molecule has 0 aromatic heterocycles. The predicted octanol–water partition coefficient (Wildman–Crippen LogP) is 1.35. The summed E-state index contributed by atoms with van der Waals surface area (Å²) in [6.45, 7) is 0. The lowest BCUT2D eigenvalue weighted by molar-refractivity contribution is 1.03. The van der Waals surface area contributed by atoms with Crippen LogP contribution in [-0.2, 0) is 0 Å².